The number of nitrogens with zero attached hydrogens (tertiary/aromatic N) is 5. The quantitative estimate of drug-likeness (QED) is 0.532. The van der Waals surface area contributed by atoms with Crippen LogP contribution in [0.3, 0.4) is 0 Å². The number of fused-ring (bicyclic) bond motifs is 1. The van der Waals surface area contributed by atoms with E-state index in [9.17, 15) is 0 Å². The van der Waals surface area contributed by atoms with Gasteiger partial charge in [0, 0.05) is 11.9 Å². The Morgan fingerprint density at radius 1 is 0.913 bits per heavy atom. The van der Waals surface area contributed by atoms with Crippen LogP contribution in [0.15, 0.2) is 55.2 Å². The van der Waals surface area contributed by atoms with Gasteiger partial charge in [-0.3, -0.25) is 0 Å². The van der Waals surface area contributed by atoms with Crippen molar-refractivity contribution in [2.24, 2.45) is 0 Å². The van der Waals surface area contributed by atoms with Gasteiger partial charge < -0.3 is 15.6 Å². The van der Waals surface area contributed by atoms with E-state index in [0.717, 1.165) is 11.2 Å². The Bertz CT molecular complexity index is 920. The number of hydrogen-bond donors (Lipinski definition) is 3. The molecule has 0 fully saturated rings. The number of benzene rings is 1. The second kappa shape index (κ2) is 5.68. The Balaban J connectivity index is 1.72. The molecule has 0 saturated heterocycles. The first-order valence-electron chi connectivity index (χ1n) is 6.95. The average molecular weight is 304 g/mol. The number of anilines is 4. The van der Waals surface area contributed by atoms with Crippen molar-refractivity contribution in [3.8, 4) is 0 Å². The van der Waals surface area contributed by atoms with Gasteiger partial charge in [0.15, 0.2) is 11.5 Å². The second-order valence-corrected chi connectivity index (χ2v) is 4.71. The minimum absolute atomic E-state index is 0.404. The zero-order chi connectivity index (χ0) is 15.5. The number of aromatic amines is 1. The molecule has 0 aliphatic carbocycles. The second-order valence-electron chi connectivity index (χ2n) is 4.71. The number of rotatable bonds is 4. The Morgan fingerprint density at radius 2 is 1.83 bits per heavy atom. The summed E-state index contributed by atoms with van der Waals surface area (Å²) in [4.78, 5) is 24.1. The summed E-state index contributed by atoms with van der Waals surface area (Å²) < 4.78 is 0. The van der Waals surface area contributed by atoms with E-state index in [1.54, 1.807) is 18.6 Å². The molecule has 0 bridgehead atoms. The van der Waals surface area contributed by atoms with Gasteiger partial charge >= 0.3 is 0 Å². The highest BCUT2D eigenvalue weighted by molar-refractivity contribution is 5.86. The lowest BCUT2D eigenvalue weighted by atomic mass is 10.3. The summed E-state index contributed by atoms with van der Waals surface area (Å²) in [5.41, 5.74) is 2.23. The van der Waals surface area contributed by atoms with Gasteiger partial charge in [-0.2, -0.15) is 9.97 Å². The molecular formula is C15H12N8. The third-order valence-corrected chi connectivity index (χ3v) is 3.14. The average Bonchev–Trinajstić information content (AvgIpc) is 3.05. The molecule has 1 aromatic carbocycles. The largest absolute Gasteiger partial charge is 0.340 e. The summed E-state index contributed by atoms with van der Waals surface area (Å²) >= 11 is 0. The molecule has 0 amide bonds. The third kappa shape index (κ3) is 2.77. The maximum Gasteiger partial charge on any atom is 0.232 e. The monoisotopic (exact) mass is 304 g/mol. The van der Waals surface area contributed by atoms with Crippen molar-refractivity contribution in [3.05, 3.63) is 55.2 Å². The predicted octanol–water partition coefficient (Wildman–Crippen LogP) is 2.63. The Kier molecular flexibility index (Phi) is 3.24. The number of H-pyrrole nitrogens is 1. The van der Waals surface area contributed by atoms with E-state index in [1.165, 1.54) is 6.33 Å². The van der Waals surface area contributed by atoms with Crippen LogP contribution in [0.5, 0.6) is 0 Å². The molecule has 23 heavy (non-hydrogen) atoms. The molecule has 0 unspecified atom stereocenters. The lowest BCUT2D eigenvalue weighted by Gasteiger charge is -2.09. The van der Waals surface area contributed by atoms with Crippen molar-refractivity contribution in [2.45, 2.75) is 0 Å². The molecule has 0 aliphatic rings. The number of nitrogens with one attached hydrogen (secondary N) is 3. The molecule has 0 atom stereocenters. The van der Waals surface area contributed by atoms with Crippen molar-refractivity contribution in [2.75, 3.05) is 10.6 Å². The van der Waals surface area contributed by atoms with Crippen LogP contribution in [0.25, 0.3) is 11.2 Å². The van der Waals surface area contributed by atoms with Gasteiger partial charge in [-0.05, 0) is 18.2 Å². The predicted molar refractivity (Wildman–Crippen MR) is 86.7 cm³/mol. The van der Waals surface area contributed by atoms with Gasteiger partial charge in [0.2, 0.25) is 5.95 Å². The summed E-state index contributed by atoms with van der Waals surface area (Å²) in [6.07, 6.45) is 4.69. The Hall–Kier alpha value is -3.55. The fraction of sp³-hybridized carbons (Fsp3) is 0. The molecule has 112 valence electrons. The minimum atomic E-state index is 0.404. The van der Waals surface area contributed by atoms with Crippen molar-refractivity contribution in [3.63, 3.8) is 0 Å². The third-order valence-electron chi connectivity index (χ3n) is 3.14. The summed E-state index contributed by atoms with van der Waals surface area (Å²) in [6.45, 7) is 0. The summed E-state index contributed by atoms with van der Waals surface area (Å²) in [5, 5.41) is 6.31. The molecule has 0 radical (unpaired) electrons. The van der Waals surface area contributed by atoms with Crippen LogP contribution in [-0.2, 0) is 0 Å². The molecule has 3 aromatic heterocycles. The van der Waals surface area contributed by atoms with Crippen LogP contribution in [0.4, 0.5) is 23.3 Å². The molecule has 0 saturated carbocycles. The van der Waals surface area contributed by atoms with Gasteiger partial charge in [-0.1, -0.05) is 18.2 Å². The Labute approximate surface area is 131 Å². The van der Waals surface area contributed by atoms with E-state index < -0.39 is 0 Å². The van der Waals surface area contributed by atoms with E-state index in [1.807, 2.05) is 30.3 Å². The molecule has 8 heteroatoms. The van der Waals surface area contributed by atoms with Crippen molar-refractivity contribution in [1.82, 2.24) is 29.9 Å². The number of hydrogen-bond acceptors (Lipinski definition) is 7. The van der Waals surface area contributed by atoms with Gasteiger partial charge in [-0.25, -0.2) is 15.0 Å². The van der Waals surface area contributed by atoms with Crippen LogP contribution < -0.4 is 10.6 Å². The molecule has 3 heterocycles. The maximum atomic E-state index is 4.50. The highest BCUT2D eigenvalue weighted by Crippen LogP contribution is 2.23. The van der Waals surface area contributed by atoms with Crippen LogP contribution >= 0.6 is 0 Å². The van der Waals surface area contributed by atoms with E-state index in [-0.39, 0.29) is 0 Å². The first-order chi connectivity index (χ1) is 11.4. The maximum absolute atomic E-state index is 4.50. The van der Waals surface area contributed by atoms with Crippen LogP contribution in [0, 0.1) is 0 Å². The first-order valence-corrected chi connectivity index (χ1v) is 6.95. The summed E-state index contributed by atoms with van der Waals surface area (Å²) in [7, 11) is 0. The molecule has 8 nitrogen and oxygen atoms in total. The molecule has 0 spiro atoms. The first kappa shape index (κ1) is 13.1. The standard InChI is InChI=1S/C15H12N8/c1-2-4-10(5-3-1)20-14-12-13(19-9-18-12)22-15(23-14)21-11-6-7-16-8-17-11/h1-9H,(H3,16,17,18,19,20,21,22,23). The number of aromatic nitrogens is 6. The van der Waals surface area contributed by atoms with Crippen molar-refractivity contribution >= 4 is 34.4 Å². The number of para-hydroxylation sites is 1. The van der Waals surface area contributed by atoms with Gasteiger partial charge in [0.25, 0.3) is 0 Å². The lowest BCUT2D eigenvalue weighted by molar-refractivity contribution is 1.13. The smallest absolute Gasteiger partial charge is 0.232 e. The van der Waals surface area contributed by atoms with E-state index in [4.69, 9.17) is 0 Å². The lowest BCUT2D eigenvalue weighted by Crippen LogP contribution is -2.03. The van der Waals surface area contributed by atoms with Crippen LogP contribution in [0.1, 0.15) is 0 Å². The fourth-order valence-electron chi connectivity index (χ4n) is 2.12. The molecule has 4 rings (SSSR count). The van der Waals surface area contributed by atoms with Gasteiger partial charge in [0.05, 0.1) is 6.33 Å². The Morgan fingerprint density at radius 3 is 2.65 bits per heavy atom. The summed E-state index contributed by atoms with van der Waals surface area (Å²) in [5.74, 6) is 1.65. The fourth-order valence-corrected chi connectivity index (χ4v) is 2.12. The zero-order valence-corrected chi connectivity index (χ0v) is 11.9. The topological polar surface area (TPSA) is 104 Å². The molecule has 4 aromatic rings. The van der Waals surface area contributed by atoms with E-state index in [0.29, 0.717) is 23.2 Å². The minimum Gasteiger partial charge on any atom is -0.340 e. The molecular weight excluding hydrogens is 292 g/mol. The molecule has 3 N–H and O–H groups in total. The van der Waals surface area contributed by atoms with Crippen LogP contribution in [-0.4, -0.2) is 29.9 Å². The highest BCUT2D eigenvalue weighted by atomic mass is 15.2. The number of imidazole rings is 1. The van der Waals surface area contributed by atoms with Crippen LogP contribution in [0.2, 0.25) is 0 Å². The normalized spacial score (nSPS) is 10.6. The van der Waals surface area contributed by atoms with Gasteiger partial charge in [0.1, 0.15) is 17.7 Å². The van der Waals surface area contributed by atoms with Gasteiger partial charge in [-0.15, -0.1) is 0 Å². The van der Waals surface area contributed by atoms with E-state index >= 15 is 0 Å². The zero-order valence-electron chi connectivity index (χ0n) is 11.9. The van der Waals surface area contributed by atoms with E-state index in [2.05, 4.69) is 40.5 Å². The van der Waals surface area contributed by atoms with Crippen molar-refractivity contribution < 1.29 is 0 Å². The highest BCUT2D eigenvalue weighted by Gasteiger charge is 2.10. The molecule has 0 aliphatic heterocycles. The summed E-state index contributed by atoms with van der Waals surface area (Å²) in [6, 6.07) is 11.5. The van der Waals surface area contributed by atoms with Crippen molar-refractivity contribution in [1.29, 1.82) is 0 Å². The SMILES string of the molecule is c1ccc(Nc2nc(Nc3ccncn3)nc3nc[nH]c23)cc1.